The number of benzene rings is 2. The summed E-state index contributed by atoms with van der Waals surface area (Å²) < 4.78 is 17.1. The van der Waals surface area contributed by atoms with E-state index in [-0.39, 0.29) is 24.1 Å². The van der Waals surface area contributed by atoms with Crippen LogP contribution in [0.25, 0.3) is 0 Å². The van der Waals surface area contributed by atoms with Gasteiger partial charge in [0.1, 0.15) is 17.5 Å². The van der Waals surface area contributed by atoms with E-state index < -0.39 is 5.60 Å². The molecule has 1 aliphatic carbocycles. The summed E-state index contributed by atoms with van der Waals surface area (Å²) in [6.45, 7) is 8.84. The van der Waals surface area contributed by atoms with Gasteiger partial charge in [0.25, 0.3) is 0 Å². The average Bonchev–Trinajstić information content (AvgIpc) is 3.35. The summed E-state index contributed by atoms with van der Waals surface area (Å²) in [6, 6.07) is 15.8. The van der Waals surface area contributed by atoms with Crippen molar-refractivity contribution in [1.29, 1.82) is 5.26 Å². The normalized spacial score (nSPS) is 19.7. The third kappa shape index (κ3) is 7.06. The fraction of sp³-hybridized carbons (Fsp3) is 0.516. The zero-order valence-corrected chi connectivity index (χ0v) is 22.9. The summed E-state index contributed by atoms with van der Waals surface area (Å²) >= 11 is 0. The van der Waals surface area contributed by atoms with Crippen LogP contribution in [0, 0.1) is 17.2 Å². The maximum atomic E-state index is 13.0. The van der Waals surface area contributed by atoms with Crippen molar-refractivity contribution in [2.75, 3.05) is 19.7 Å². The third-order valence-electron chi connectivity index (χ3n) is 7.19. The van der Waals surface area contributed by atoms with Crippen LogP contribution in [-0.2, 0) is 27.1 Å². The molecule has 0 radical (unpaired) electrons. The minimum atomic E-state index is -0.525. The smallest absolute Gasteiger partial charge is 0.410 e. The molecule has 0 bridgehead atoms. The standard InChI is InChI=1S/C31H38N2O5/c1-5-36-29(34)28(18-21-6-8-25-17-22(19-32)7-9-24(25)16-21)23-10-12-26(13-11-23)37-27-14-15-33(20-27)30(35)38-31(2,3)4/h7,9-13,17,21,27-28H,5-6,8,14-16,18,20H2,1-4H3/t21?,27-,28?/m0/s1. The van der Waals surface area contributed by atoms with Gasteiger partial charge >= 0.3 is 12.1 Å². The van der Waals surface area contributed by atoms with Gasteiger partial charge in [-0.25, -0.2) is 4.79 Å². The Bertz CT molecular complexity index is 1180. The lowest BCUT2D eigenvalue weighted by atomic mass is 9.77. The average molecular weight is 519 g/mol. The number of aryl methyl sites for hydroxylation is 1. The molecular formula is C31H38N2O5. The second-order valence-electron chi connectivity index (χ2n) is 11.3. The van der Waals surface area contributed by atoms with E-state index in [1.807, 2.05) is 64.1 Å². The van der Waals surface area contributed by atoms with Crippen molar-refractivity contribution in [3.05, 3.63) is 64.7 Å². The summed E-state index contributed by atoms with van der Waals surface area (Å²) in [5, 5.41) is 9.19. The molecular weight excluding hydrogens is 480 g/mol. The van der Waals surface area contributed by atoms with Crippen molar-refractivity contribution in [3.8, 4) is 11.8 Å². The van der Waals surface area contributed by atoms with Crippen molar-refractivity contribution < 1.29 is 23.8 Å². The summed E-state index contributed by atoms with van der Waals surface area (Å²) in [5.41, 5.74) is 3.60. The molecule has 1 amide bonds. The summed E-state index contributed by atoms with van der Waals surface area (Å²) in [5.74, 6) is 0.532. The van der Waals surface area contributed by atoms with Gasteiger partial charge < -0.3 is 19.1 Å². The van der Waals surface area contributed by atoms with E-state index in [2.05, 4.69) is 12.1 Å². The van der Waals surface area contributed by atoms with Gasteiger partial charge in [0, 0.05) is 13.0 Å². The second-order valence-corrected chi connectivity index (χ2v) is 11.3. The molecule has 202 valence electrons. The van der Waals surface area contributed by atoms with Crippen molar-refractivity contribution >= 4 is 12.1 Å². The minimum Gasteiger partial charge on any atom is -0.489 e. The Kier molecular flexibility index (Phi) is 8.61. The number of amides is 1. The molecule has 38 heavy (non-hydrogen) atoms. The first-order valence-corrected chi connectivity index (χ1v) is 13.6. The molecule has 1 saturated heterocycles. The molecule has 0 spiro atoms. The van der Waals surface area contributed by atoms with Gasteiger partial charge in [-0.2, -0.15) is 5.26 Å². The number of rotatable bonds is 7. The van der Waals surface area contributed by atoms with Crippen molar-refractivity contribution in [3.63, 3.8) is 0 Å². The highest BCUT2D eigenvalue weighted by atomic mass is 16.6. The first-order chi connectivity index (χ1) is 18.1. The number of hydrogen-bond donors (Lipinski definition) is 0. The number of nitriles is 1. The summed E-state index contributed by atoms with van der Waals surface area (Å²) in [4.78, 5) is 27.0. The van der Waals surface area contributed by atoms with Gasteiger partial charge in [-0.15, -0.1) is 0 Å². The number of likely N-dealkylation sites (tertiary alicyclic amines) is 1. The van der Waals surface area contributed by atoms with E-state index in [1.165, 1.54) is 11.1 Å². The Morgan fingerprint density at radius 2 is 1.87 bits per heavy atom. The number of carbonyl (C=O) groups is 2. The SMILES string of the molecule is CCOC(=O)C(CC1CCc2cc(C#N)ccc2C1)c1ccc(O[C@H]2CCN(C(=O)OC(C)(C)C)C2)cc1. The summed E-state index contributed by atoms with van der Waals surface area (Å²) in [7, 11) is 0. The van der Waals surface area contributed by atoms with Crippen LogP contribution in [0.1, 0.15) is 75.1 Å². The topological polar surface area (TPSA) is 88.9 Å². The number of esters is 1. The molecule has 7 heteroatoms. The highest BCUT2D eigenvalue weighted by Crippen LogP contribution is 2.35. The predicted octanol–water partition coefficient (Wildman–Crippen LogP) is 5.79. The van der Waals surface area contributed by atoms with E-state index in [0.717, 1.165) is 31.2 Å². The van der Waals surface area contributed by atoms with Crippen LogP contribution in [0.5, 0.6) is 5.75 Å². The third-order valence-corrected chi connectivity index (χ3v) is 7.19. The maximum Gasteiger partial charge on any atom is 0.410 e. The first-order valence-electron chi connectivity index (χ1n) is 13.6. The molecule has 2 aliphatic rings. The van der Waals surface area contributed by atoms with Crippen LogP contribution in [0.3, 0.4) is 0 Å². The Morgan fingerprint density at radius 3 is 2.55 bits per heavy atom. The van der Waals surface area contributed by atoms with Gasteiger partial charge in [-0.05, 0) is 100 Å². The molecule has 7 nitrogen and oxygen atoms in total. The maximum absolute atomic E-state index is 13.0. The molecule has 1 fully saturated rings. The van der Waals surface area contributed by atoms with E-state index in [0.29, 0.717) is 43.3 Å². The minimum absolute atomic E-state index is 0.0990. The lowest BCUT2D eigenvalue weighted by molar-refractivity contribution is -0.145. The predicted molar refractivity (Wildman–Crippen MR) is 144 cm³/mol. The van der Waals surface area contributed by atoms with Gasteiger partial charge in [-0.3, -0.25) is 4.79 Å². The Labute approximate surface area is 225 Å². The Hall–Kier alpha value is -3.53. The number of ether oxygens (including phenoxy) is 3. The van der Waals surface area contributed by atoms with Gasteiger partial charge in [0.05, 0.1) is 30.7 Å². The van der Waals surface area contributed by atoms with Gasteiger partial charge in [-0.1, -0.05) is 18.2 Å². The van der Waals surface area contributed by atoms with Crippen LogP contribution < -0.4 is 4.74 Å². The molecule has 3 atom stereocenters. The Balaban J connectivity index is 1.39. The van der Waals surface area contributed by atoms with Crippen molar-refractivity contribution in [2.24, 2.45) is 5.92 Å². The van der Waals surface area contributed by atoms with Crippen LogP contribution in [0.2, 0.25) is 0 Å². The summed E-state index contributed by atoms with van der Waals surface area (Å²) in [6.07, 6.45) is 3.84. The molecule has 1 heterocycles. The molecule has 0 aromatic heterocycles. The number of fused-ring (bicyclic) bond motifs is 1. The van der Waals surface area contributed by atoms with E-state index in [9.17, 15) is 14.9 Å². The zero-order valence-electron chi connectivity index (χ0n) is 22.9. The lowest BCUT2D eigenvalue weighted by Crippen LogP contribution is -2.36. The van der Waals surface area contributed by atoms with Crippen LogP contribution in [0.4, 0.5) is 4.79 Å². The van der Waals surface area contributed by atoms with Crippen LogP contribution >= 0.6 is 0 Å². The number of carbonyl (C=O) groups excluding carboxylic acids is 2. The van der Waals surface area contributed by atoms with Gasteiger partial charge in [0.2, 0.25) is 0 Å². The highest BCUT2D eigenvalue weighted by molar-refractivity contribution is 5.78. The highest BCUT2D eigenvalue weighted by Gasteiger charge is 2.32. The molecule has 2 unspecified atom stereocenters. The van der Waals surface area contributed by atoms with Crippen molar-refractivity contribution in [1.82, 2.24) is 4.90 Å². The Morgan fingerprint density at radius 1 is 1.11 bits per heavy atom. The molecule has 1 aliphatic heterocycles. The van der Waals surface area contributed by atoms with Crippen LogP contribution in [-0.4, -0.2) is 48.4 Å². The molecule has 0 saturated carbocycles. The van der Waals surface area contributed by atoms with E-state index in [4.69, 9.17) is 14.2 Å². The number of nitrogens with zero attached hydrogens (tertiary/aromatic N) is 2. The molecule has 2 aromatic carbocycles. The molecule has 2 aromatic rings. The largest absolute Gasteiger partial charge is 0.489 e. The van der Waals surface area contributed by atoms with E-state index >= 15 is 0 Å². The van der Waals surface area contributed by atoms with Crippen molar-refractivity contribution in [2.45, 2.75) is 77.4 Å². The van der Waals surface area contributed by atoms with Crippen LogP contribution in [0.15, 0.2) is 42.5 Å². The fourth-order valence-corrected chi connectivity index (χ4v) is 5.33. The zero-order chi connectivity index (χ0) is 27.3. The monoisotopic (exact) mass is 518 g/mol. The number of hydrogen-bond acceptors (Lipinski definition) is 6. The quantitative estimate of drug-likeness (QED) is 0.431. The van der Waals surface area contributed by atoms with Gasteiger partial charge in [0.15, 0.2) is 0 Å². The molecule has 4 rings (SSSR count). The lowest BCUT2D eigenvalue weighted by Gasteiger charge is -2.28. The first kappa shape index (κ1) is 27.5. The fourth-order valence-electron chi connectivity index (χ4n) is 5.33. The second kappa shape index (κ2) is 11.9. The van der Waals surface area contributed by atoms with E-state index in [1.54, 1.807) is 4.90 Å². The molecule has 0 N–H and O–H groups in total.